The summed E-state index contributed by atoms with van der Waals surface area (Å²) in [5, 5.41) is 12.1. The van der Waals surface area contributed by atoms with E-state index in [0.717, 1.165) is 15.6 Å². The second kappa shape index (κ2) is 6.56. The molecule has 0 saturated carbocycles. The van der Waals surface area contributed by atoms with E-state index in [0.29, 0.717) is 15.6 Å². The topological polar surface area (TPSA) is 46.0 Å². The summed E-state index contributed by atoms with van der Waals surface area (Å²) in [6, 6.07) is 15.2. The molecule has 0 fully saturated rings. The fourth-order valence-corrected chi connectivity index (χ4v) is 2.59. The largest absolute Gasteiger partial charge is 0.250 e. The highest BCUT2D eigenvalue weighted by Gasteiger charge is 2.08. The van der Waals surface area contributed by atoms with Crippen molar-refractivity contribution in [2.24, 2.45) is 5.10 Å². The highest BCUT2D eigenvalue weighted by molar-refractivity contribution is 9.10. The third kappa shape index (κ3) is 3.35. The Morgan fingerprint density at radius 1 is 1.23 bits per heavy atom. The van der Waals surface area contributed by atoms with Crippen molar-refractivity contribution in [3.05, 3.63) is 68.4 Å². The van der Waals surface area contributed by atoms with Gasteiger partial charge in [-0.1, -0.05) is 51.8 Å². The van der Waals surface area contributed by atoms with E-state index < -0.39 is 0 Å². The zero-order chi connectivity index (χ0) is 15.5. The molecule has 3 aromatic rings. The van der Waals surface area contributed by atoms with Gasteiger partial charge in [0.1, 0.15) is 0 Å². The minimum atomic E-state index is 0.431. The van der Waals surface area contributed by atoms with E-state index in [1.54, 1.807) is 10.9 Å². The molecular weight excluding hydrogens is 384 g/mol. The normalized spacial score (nSPS) is 11.2. The van der Waals surface area contributed by atoms with Crippen LogP contribution in [0.5, 0.6) is 0 Å². The van der Waals surface area contributed by atoms with Gasteiger partial charge in [-0.15, -0.1) is 0 Å². The van der Waals surface area contributed by atoms with Crippen LogP contribution in [0.25, 0.3) is 11.4 Å². The maximum Gasteiger partial charge on any atom is 0.216 e. The third-order valence-corrected chi connectivity index (χ3v) is 3.93. The van der Waals surface area contributed by atoms with Gasteiger partial charge in [-0.25, -0.2) is 5.10 Å². The highest BCUT2D eigenvalue weighted by atomic mass is 79.9. The van der Waals surface area contributed by atoms with Crippen LogP contribution < -0.4 is 0 Å². The van der Waals surface area contributed by atoms with Crippen molar-refractivity contribution in [1.29, 1.82) is 0 Å². The average Bonchev–Trinajstić information content (AvgIpc) is 2.88. The molecule has 2 aromatic carbocycles. The summed E-state index contributed by atoms with van der Waals surface area (Å²) in [7, 11) is 0. The molecule has 0 saturated heterocycles. The molecule has 110 valence electrons. The molecule has 3 rings (SSSR count). The van der Waals surface area contributed by atoms with E-state index in [1.807, 2.05) is 48.5 Å². The quantitative estimate of drug-likeness (QED) is 0.508. The Bertz CT molecular complexity index is 883. The van der Waals surface area contributed by atoms with Gasteiger partial charge >= 0.3 is 0 Å². The Kier molecular flexibility index (Phi) is 4.52. The van der Waals surface area contributed by atoms with Crippen molar-refractivity contribution in [2.75, 3.05) is 0 Å². The SMILES string of the molecule is S=c1[nH]nc(-c2cccc(Br)c2)n1/N=C\c1ccc(Cl)cc1. The van der Waals surface area contributed by atoms with E-state index >= 15 is 0 Å². The molecule has 0 aliphatic rings. The lowest BCUT2D eigenvalue weighted by atomic mass is 10.2. The number of hydrogen-bond donors (Lipinski definition) is 1. The third-order valence-electron chi connectivity index (χ3n) is 2.93. The summed E-state index contributed by atoms with van der Waals surface area (Å²) in [5.41, 5.74) is 1.84. The van der Waals surface area contributed by atoms with Gasteiger partial charge in [0.2, 0.25) is 4.77 Å². The molecule has 22 heavy (non-hydrogen) atoms. The summed E-state index contributed by atoms with van der Waals surface area (Å²) >= 11 is 14.6. The molecule has 1 aromatic heterocycles. The molecule has 0 amide bonds. The van der Waals surface area contributed by atoms with Crippen LogP contribution in [0.2, 0.25) is 5.02 Å². The van der Waals surface area contributed by atoms with Gasteiger partial charge in [-0.3, -0.25) is 0 Å². The Balaban J connectivity index is 1.99. The molecule has 4 nitrogen and oxygen atoms in total. The fraction of sp³-hybridized carbons (Fsp3) is 0. The first-order chi connectivity index (χ1) is 10.6. The lowest BCUT2D eigenvalue weighted by Crippen LogP contribution is -1.95. The Morgan fingerprint density at radius 3 is 2.73 bits per heavy atom. The van der Waals surface area contributed by atoms with Crippen LogP contribution in [-0.4, -0.2) is 21.1 Å². The van der Waals surface area contributed by atoms with E-state index in [9.17, 15) is 0 Å². The Hall–Kier alpha value is -1.76. The van der Waals surface area contributed by atoms with Crippen LogP contribution >= 0.6 is 39.7 Å². The highest BCUT2D eigenvalue weighted by Crippen LogP contribution is 2.21. The summed E-state index contributed by atoms with van der Waals surface area (Å²) in [6.07, 6.45) is 1.71. The van der Waals surface area contributed by atoms with Crippen molar-refractivity contribution < 1.29 is 0 Å². The van der Waals surface area contributed by atoms with Gasteiger partial charge in [-0.2, -0.15) is 14.9 Å². The first-order valence-electron chi connectivity index (χ1n) is 6.37. The number of aromatic amines is 1. The lowest BCUT2D eigenvalue weighted by molar-refractivity contribution is 0.871. The average molecular weight is 394 g/mol. The molecule has 0 unspecified atom stereocenters. The number of rotatable bonds is 3. The number of halogens is 2. The molecule has 0 radical (unpaired) electrons. The van der Waals surface area contributed by atoms with Gasteiger partial charge in [0.05, 0.1) is 6.21 Å². The van der Waals surface area contributed by atoms with Gasteiger partial charge in [0.15, 0.2) is 5.82 Å². The van der Waals surface area contributed by atoms with E-state index in [-0.39, 0.29) is 0 Å². The van der Waals surface area contributed by atoms with Gasteiger partial charge in [-0.05, 0) is 42.0 Å². The Morgan fingerprint density at radius 2 is 2.00 bits per heavy atom. The molecule has 0 spiro atoms. The summed E-state index contributed by atoms with van der Waals surface area (Å²) in [6.45, 7) is 0. The summed E-state index contributed by atoms with van der Waals surface area (Å²) < 4.78 is 2.98. The predicted octanol–water partition coefficient (Wildman–Crippen LogP) is 4.91. The maximum atomic E-state index is 5.87. The van der Waals surface area contributed by atoms with Gasteiger partial charge in [0.25, 0.3) is 0 Å². The van der Waals surface area contributed by atoms with Crippen LogP contribution in [0.4, 0.5) is 0 Å². The molecule has 1 heterocycles. The van der Waals surface area contributed by atoms with Crippen LogP contribution in [0, 0.1) is 4.77 Å². The number of benzene rings is 2. The van der Waals surface area contributed by atoms with Crippen molar-refractivity contribution in [3.8, 4) is 11.4 Å². The van der Waals surface area contributed by atoms with E-state index in [4.69, 9.17) is 23.8 Å². The predicted molar refractivity (Wildman–Crippen MR) is 95.0 cm³/mol. The van der Waals surface area contributed by atoms with Gasteiger partial charge in [0, 0.05) is 15.1 Å². The fourth-order valence-electron chi connectivity index (χ4n) is 1.89. The molecular formula is C15H10BrClN4S. The van der Waals surface area contributed by atoms with E-state index in [1.165, 1.54) is 0 Å². The molecule has 1 N–H and O–H groups in total. The van der Waals surface area contributed by atoms with Crippen LogP contribution in [0.3, 0.4) is 0 Å². The molecule has 0 aliphatic carbocycles. The number of nitrogens with zero attached hydrogens (tertiary/aromatic N) is 3. The number of hydrogen-bond acceptors (Lipinski definition) is 3. The zero-order valence-electron chi connectivity index (χ0n) is 11.2. The molecule has 0 atom stereocenters. The van der Waals surface area contributed by atoms with Crippen LogP contribution in [-0.2, 0) is 0 Å². The van der Waals surface area contributed by atoms with Crippen molar-refractivity contribution in [1.82, 2.24) is 14.9 Å². The number of aromatic nitrogens is 3. The van der Waals surface area contributed by atoms with Crippen molar-refractivity contribution in [3.63, 3.8) is 0 Å². The minimum absolute atomic E-state index is 0.431. The lowest BCUT2D eigenvalue weighted by Gasteiger charge is -2.01. The van der Waals surface area contributed by atoms with Crippen LogP contribution in [0.1, 0.15) is 5.56 Å². The van der Waals surface area contributed by atoms with Crippen LogP contribution in [0.15, 0.2) is 58.1 Å². The second-order valence-corrected chi connectivity index (χ2v) is 6.21. The standard InChI is InChI=1S/C15H10BrClN4S/c16-12-3-1-2-11(8-12)14-19-20-15(22)21(14)18-9-10-4-6-13(17)7-5-10/h1-9H,(H,20,22)/b18-9-. The molecule has 7 heteroatoms. The number of H-pyrrole nitrogens is 1. The first kappa shape index (κ1) is 15.1. The monoisotopic (exact) mass is 392 g/mol. The maximum absolute atomic E-state index is 5.87. The minimum Gasteiger partial charge on any atom is -0.250 e. The van der Waals surface area contributed by atoms with Crippen molar-refractivity contribution in [2.45, 2.75) is 0 Å². The first-order valence-corrected chi connectivity index (χ1v) is 7.95. The number of nitrogens with one attached hydrogen (secondary N) is 1. The molecule has 0 bridgehead atoms. The zero-order valence-corrected chi connectivity index (χ0v) is 14.4. The Labute approximate surface area is 145 Å². The van der Waals surface area contributed by atoms with Gasteiger partial charge < -0.3 is 0 Å². The summed E-state index contributed by atoms with van der Waals surface area (Å²) in [5.74, 6) is 0.650. The second-order valence-electron chi connectivity index (χ2n) is 4.47. The summed E-state index contributed by atoms with van der Waals surface area (Å²) in [4.78, 5) is 0. The molecule has 0 aliphatic heterocycles. The smallest absolute Gasteiger partial charge is 0.216 e. The van der Waals surface area contributed by atoms with E-state index in [2.05, 4.69) is 31.2 Å². The van der Waals surface area contributed by atoms with Crippen molar-refractivity contribution >= 4 is 46.0 Å².